The first-order chi connectivity index (χ1) is 18.8. The van der Waals surface area contributed by atoms with Crippen molar-refractivity contribution in [3.63, 3.8) is 0 Å². The Kier molecular flexibility index (Phi) is 8.73. The van der Waals surface area contributed by atoms with E-state index >= 15 is 0 Å². The van der Waals surface area contributed by atoms with Gasteiger partial charge in [0, 0.05) is 29.6 Å². The molecule has 4 aromatic rings. The number of nitrogens with one attached hydrogen (secondary N) is 3. The number of amides is 3. The first-order valence-corrected chi connectivity index (χ1v) is 12.5. The zero-order valence-corrected chi connectivity index (χ0v) is 21.6. The van der Waals surface area contributed by atoms with Crippen LogP contribution >= 0.6 is 0 Å². The first kappa shape index (κ1) is 27.1. The summed E-state index contributed by atoms with van der Waals surface area (Å²) in [6.07, 6.45) is -0.551. The van der Waals surface area contributed by atoms with Gasteiger partial charge in [0.15, 0.2) is 0 Å². The van der Waals surface area contributed by atoms with Crippen molar-refractivity contribution in [1.82, 2.24) is 10.6 Å². The molecule has 0 saturated heterocycles. The molecule has 2 atom stereocenters. The number of fused-ring (bicyclic) bond motifs is 1. The van der Waals surface area contributed by atoms with Crippen LogP contribution in [0.15, 0.2) is 94.1 Å². The molecular weight excluding hydrogens is 498 g/mol. The Morgan fingerprint density at radius 1 is 0.846 bits per heavy atom. The lowest BCUT2D eigenvalue weighted by Crippen LogP contribution is -2.52. The predicted octanol–water partition coefficient (Wildman–Crippen LogP) is 4.08. The first-order valence-electron chi connectivity index (χ1n) is 12.5. The molecule has 200 valence electrons. The molecule has 9 nitrogen and oxygen atoms in total. The number of aryl methyl sites for hydroxylation is 1. The highest BCUT2D eigenvalue weighted by Crippen LogP contribution is 2.21. The molecule has 4 rings (SSSR count). The molecule has 39 heavy (non-hydrogen) atoms. The number of anilines is 1. The number of carbonyl (C=O) groups excluding carboxylic acids is 3. The summed E-state index contributed by atoms with van der Waals surface area (Å²) in [5.41, 5.74) is 2.67. The van der Waals surface area contributed by atoms with Crippen molar-refractivity contribution in [3.05, 3.63) is 112 Å². The van der Waals surface area contributed by atoms with Gasteiger partial charge in [0.1, 0.15) is 24.3 Å². The van der Waals surface area contributed by atoms with E-state index in [4.69, 9.17) is 9.15 Å². The van der Waals surface area contributed by atoms with Gasteiger partial charge in [-0.1, -0.05) is 60.7 Å². The monoisotopic (exact) mass is 527 g/mol. The Bertz CT molecular complexity index is 1520. The van der Waals surface area contributed by atoms with E-state index in [0.29, 0.717) is 11.3 Å². The number of hydrogen-bond donors (Lipinski definition) is 3. The lowest BCUT2D eigenvalue weighted by Gasteiger charge is -2.21. The summed E-state index contributed by atoms with van der Waals surface area (Å²) in [7, 11) is 0. The van der Waals surface area contributed by atoms with Crippen LogP contribution in [-0.2, 0) is 27.4 Å². The number of alkyl carbamates (subject to hydrolysis) is 1. The van der Waals surface area contributed by atoms with E-state index in [0.717, 1.165) is 22.1 Å². The summed E-state index contributed by atoms with van der Waals surface area (Å²) < 4.78 is 10.5. The largest absolute Gasteiger partial charge is 0.445 e. The molecule has 0 bridgehead atoms. The quantitative estimate of drug-likeness (QED) is 0.282. The molecule has 0 radical (unpaired) electrons. The van der Waals surface area contributed by atoms with Crippen LogP contribution in [-0.4, -0.2) is 30.0 Å². The summed E-state index contributed by atoms with van der Waals surface area (Å²) in [5, 5.41) is 8.74. The number of carbonyl (C=O) groups is 3. The molecule has 0 spiro atoms. The van der Waals surface area contributed by atoms with Crippen LogP contribution in [0.4, 0.5) is 10.5 Å². The molecule has 0 saturated carbocycles. The molecule has 1 heterocycles. The molecule has 0 aliphatic heterocycles. The molecule has 3 amide bonds. The van der Waals surface area contributed by atoms with Crippen LogP contribution < -0.4 is 21.6 Å². The van der Waals surface area contributed by atoms with Gasteiger partial charge in [-0.25, -0.2) is 9.59 Å². The molecule has 1 aromatic heterocycles. The highest BCUT2D eigenvalue weighted by Gasteiger charge is 2.25. The van der Waals surface area contributed by atoms with Crippen LogP contribution in [0.5, 0.6) is 0 Å². The minimum absolute atomic E-state index is 0.0521. The zero-order chi connectivity index (χ0) is 27.8. The lowest BCUT2D eigenvalue weighted by atomic mass is 10.0. The highest BCUT2D eigenvalue weighted by atomic mass is 16.5. The number of rotatable bonds is 9. The van der Waals surface area contributed by atoms with Crippen molar-refractivity contribution >= 4 is 34.6 Å². The Balaban J connectivity index is 1.40. The van der Waals surface area contributed by atoms with E-state index < -0.39 is 35.6 Å². The molecule has 9 heteroatoms. The molecule has 0 aliphatic carbocycles. The van der Waals surface area contributed by atoms with Crippen molar-refractivity contribution in [2.75, 3.05) is 5.32 Å². The van der Waals surface area contributed by atoms with Crippen molar-refractivity contribution < 1.29 is 23.5 Å². The molecule has 0 unspecified atom stereocenters. The van der Waals surface area contributed by atoms with Gasteiger partial charge in [-0.15, -0.1) is 0 Å². The average Bonchev–Trinajstić information content (AvgIpc) is 2.92. The molecular formula is C30H29N3O6. The summed E-state index contributed by atoms with van der Waals surface area (Å²) in [5.74, 6) is -1.03. The second-order valence-corrected chi connectivity index (χ2v) is 9.13. The highest BCUT2D eigenvalue weighted by molar-refractivity contribution is 5.99. The number of ether oxygens (including phenoxy) is 1. The topological polar surface area (TPSA) is 127 Å². The van der Waals surface area contributed by atoms with E-state index in [1.807, 2.05) is 60.7 Å². The standard InChI is InChI=1S/C30H29N3O6/c1-19-15-27(34)39-26-17-23(13-14-24(19)26)32-28(35)20(2)31-29(36)25(16-21-9-5-3-6-10-21)33-30(37)38-18-22-11-7-4-8-12-22/h3-15,17,20,25H,16,18H2,1-2H3,(H,31,36)(H,32,35)(H,33,37)/t20-,25-/m0/s1. The third-order valence-electron chi connectivity index (χ3n) is 6.07. The van der Waals surface area contributed by atoms with E-state index in [9.17, 15) is 19.2 Å². The van der Waals surface area contributed by atoms with E-state index in [2.05, 4.69) is 16.0 Å². The van der Waals surface area contributed by atoms with Crippen LogP contribution in [0.2, 0.25) is 0 Å². The fourth-order valence-corrected chi connectivity index (χ4v) is 4.00. The molecule has 3 aromatic carbocycles. The molecule has 0 aliphatic rings. The van der Waals surface area contributed by atoms with Crippen LogP contribution in [0.3, 0.4) is 0 Å². The summed E-state index contributed by atoms with van der Waals surface area (Å²) >= 11 is 0. The minimum Gasteiger partial charge on any atom is -0.445 e. The van der Waals surface area contributed by atoms with Gasteiger partial charge in [-0.2, -0.15) is 0 Å². The van der Waals surface area contributed by atoms with Gasteiger partial charge in [0.25, 0.3) is 0 Å². The van der Waals surface area contributed by atoms with Crippen LogP contribution in [0.1, 0.15) is 23.6 Å². The Labute approximate surface area is 225 Å². The molecule has 3 N–H and O–H groups in total. The Morgan fingerprint density at radius 3 is 2.21 bits per heavy atom. The van der Waals surface area contributed by atoms with Gasteiger partial charge in [0.2, 0.25) is 11.8 Å². The van der Waals surface area contributed by atoms with Gasteiger partial charge >= 0.3 is 11.7 Å². The Morgan fingerprint density at radius 2 is 1.51 bits per heavy atom. The normalized spacial score (nSPS) is 12.3. The van der Waals surface area contributed by atoms with Crippen LogP contribution in [0, 0.1) is 6.92 Å². The van der Waals surface area contributed by atoms with Gasteiger partial charge in [-0.3, -0.25) is 9.59 Å². The maximum Gasteiger partial charge on any atom is 0.408 e. The maximum atomic E-state index is 13.2. The van der Waals surface area contributed by atoms with Crippen LogP contribution in [0.25, 0.3) is 11.0 Å². The van der Waals surface area contributed by atoms with Crippen molar-refractivity contribution in [2.45, 2.75) is 39.0 Å². The second kappa shape index (κ2) is 12.6. The van der Waals surface area contributed by atoms with Gasteiger partial charge in [-0.05, 0) is 42.7 Å². The maximum absolute atomic E-state index is 13.2. The number of benzene rings is 3. The SMILES string of the molecule is Cc1cc(=O)oc2cc(NC(=O)[C@H](C)NC(=O)[C@H](Cc3ccccc3)NC(=O)OCc3ccccc3)ccc12. The van der Waals surface area contributed by atoms with Gasteiger partial charge in [0.05, 0.1) is 0 Å². The summed E-state index contributed by atoms with van der Waals surface area (Å²) in [6, 6.07) is 22.9. The summed E-state index contributed by atoms with van der Waals surface area (Å²) in [4.78, 5) is 50.2. The van der Waals surface area contributed by atoms with Gasteiger partial charge < -0.3 is 25.1 Å². The van der Waals surface area contributed by atoms with Crippen molar-refractivity contribution in [2.24, 2.45) is 0 Å². The smallest absolute Gasteiger partial charge is 0.408 e. The lowest BCUT2D eigenvalue weighted by molar-refractivity contribution is -0.127. The van der Waals surface area contributed by atoms with E-state index in [1.54, 1.807) is 25.1 Å². The Hall–Kier alpha value is -4.92. The zero-order valence-electron chi connectivity index (χ0n) is 21.6. The van der Waals surface area contributed by atoms with E-state index in [-0.39, 0.29) is 13.0 Å². The fraction of sp³-hybridized carbons (Fsp3) is 0.200. The fourth-order valence-electron chi connectivity index (χ4n) is 4.00. The molecule has 0 fully saturated rings. The predicted molar refractivity (Wildman–Crippen MR) is 147 cm³/mol. The second-order valence-electron chi connectivity index (χ2n) is 9.13. The van der Waals surface area contributed by atoms with Crippen molar-refractivity contribution in [3.8, 4) is 0 Å². The third-order valence-corrected chi connectivity index (χ3v) is 6.07. The summed E-state index contributed by atoms with van der Waals surface area (Å²) in [6.45, 7) is 3.38. The van der Waals surface area contributed by atoms with E-state index in [1.165, 1.54) is 13.0 Å². The average molecular weight is 528 g/mol. The van der Waals surface area contributed by atoms with Crippen molar-refractivity contribution in [1.29, 1.82) is 0 Å². The number of hydrogen-bond acceptors (Lipinski definition) is 6. The third kappa shape index (κ3) is 7.54. The minimum atomic E-state index is -0.983.